The molecule has 35 heavy (non-hydrogen) atoms. The fourth-order valence-corrected chi connectivity index (χ4v) is 4.36. The van der Waals surface area contributed by atoms with Crippen molar-refractivity contribution < 1.29 is 4.79 Å². The molecule has 3 aromatic carbocycles. The van der Waals surface area contributed by atoms with Crippen molar-refractivity contribution in [3.05, 3.63) is 121 Å². The van der Waals surface area contributed by atoms with Crippen molar-refractivity contribution in [2.75, 3.05) is 5.32 Å². The lowest BCUT2D eigenvalue weighted by atomic mass is 9.81. The number of rotatable bonds is 6. The highest BCUT2D eigenvalue weighted by Crippen LogP contribution is 2.38. The SMILES string of the molecule is C=CC(=O)NC1=CC(c2cc(-c3ccccc3)cc3cnc(Nc4ccccc4)nc23)C(C)C=C1. The van der Waals surface area contributed by atoms with Crippen LogP contribution in [0, 0.1) is 5.92 Å². The number of carbonyl (C=O) groups excluding carboxylic acids is 1. The second-order valence-corrected chi connectivity index (χ2v) is 8.61. The number of benzene rings is 3. The molecule has 1 amide bonds. The smallest absolute Gasteiger partial charge is 0.247 e. The lowest BCUT2D eigenvalue weighted by molar-refractivity contribution is -0.115. The molecule has 5 heteroatoms. The summed E-state index contributed by atoms with van der Waals surface area (Å²) in [6, 6.07) is 24.5. The van der Waals surface area contributed by atoms with Crippen molar-refractivity contribution in [2.24, 2.45) is 5.92 Å². The predicted octanol–water partition coefficient (Wildman–Crippen LogP) is 6.52. The Morgan fingerprint density at radius 3 is 2.49 bits per heavy atom. The Labute approximate surface area is 205 Å². The van der Waals surface area contributed by atoms with E-state index in [4.69, 9.17) is 4.98 Å². The van der Waals surface area contributed by atoms with Gasteiger partial charge in [0.15, 0.2) is 0 Å². The van der Waals surface area contributed by atoms with Crippen LogP contribution in [0.4, 0.5) is 11.6 Å². The maximum absolute atomic E-state index is 11.9. The summed E-state index contributed by atoms with van der Waals surface area (Å²) in [7, 11) is 0. The maximum atomic E-state index is 11.9. The van der Waals surface area contributed by atoms with E-state index < -0.39 is 0 Å². The van der Waals surface area contributed by atoms with Gasteiger partial charge in [0.2, 0.25) is 11.9 Å². The Bertz CT molecular complexity index is 1440. The van der Waals surface area contributed by atoms with E-state index in [9.17, 15) is 4.79 Å². The van der Waals surface area contributed by atoms with Gasteiger partial charge in [-0.15, -0.1) is 0 Å². The Morgan fingerprint density at radius 1 is 1.00 bits per heavy atom. The molecule has 0 bridgehead atoms. The summed E-state index contributed by atoms with van der Waals surface area (Å²) in [6.07, 6.45) is 9.32. The standard InChI is InChI=1S/C30H26N4O/c1-3-28(35)32-25-15-14-20(2)26(18-25)27-17-22(21-10-6-4-7-11-21)16-23-19-31-30(34-29(23)27)33-24-12-8-5-9-13-24/h3-20,26H,1H2,2H3,(H,32,35)(H,31,33,34). The van der Waals surface area contributed by atoms with Crippen molar-refractivity contribution in [1.82, 2.24) is 15.3 Å². The molecule has 0 saturated heterocycles. The van der Waals surface area contributed by atoms with Crippen LogP contribution < -0.4 is 10.6 Å². The Hall–Kier alpha value is -4.51. The highest BCUT2D eigenvalue weighted by atomic mass is 16.1. The van der Waals surface area contributed by atoms with Gasteiger partial charge < -0.3 is 10.6 Å². The van der Waals surface area contributed by atoms with E-state index in [2.05, 4.69) is 65.5 Å². The van der Waals surface area contributed by atoms with Crippen molar-refractivity contribution >= 4 is 28.4 Å². The number of nitrogens with one attached hydrogen (secondary N) is 2. The molecule has 0 radical (unpaired) electrons. The average molecular weight is 459 g/mol. The normalized spacial score (nSPS) is 17.0. The molecular formula is C30H26N4O. The third kappa shape index (κ3) is 4.89. The summed E-state index contributed by atoms with van der Waals surface area (Å²) < 4.78 is 0. The van der Waals surface area contributed by atoms with Crippen LogP contribution in [0.2, 0.25) is 0 Å². The van der Waals surface area contributed by atoms with Gasteiger partial charge in [0, 0.05) is 28.9 Å². The molecule has 0 aliphatic heterocycles. The molecule has 5 rings (SSSR count). The molecule has 2 atom stereocenters. The third-order valence-corrected chi connectivity index (χ3v) is 6.17. The molecule has 4 aromatic rings. The molecule has 2 unspecified atom stereocenters. The summed E-state index contributed by atoms with van der Waals surface area (Å²) in [5.41, 5.74) is 5.89. The number of aromatic nitrogens is 2. The van der Waals surface area contributed by atoms with E-state index in [0.717, 1.165) is 39.0 Å². The first-order valence-electron chi connectivity index (χ1n) is 11.6. The zero-order valence-electron chi connectivity index (χ0n) is 19.5. The summed E-state index contributed by atoms with van der Waals surface area (Å²) in [6.45, 7) is 5.74. The fourth-order valence-electron chi connectivity index (χ4n) is 4.36. The Kier molecular flexibility index (Phi) is 6.22. The summed E-state index contributed by atoms with van der Waals surface area (Å²) in [5.74, 6) is 0.550. The fraction of sp³-hybridized carbons (Fsp3) is 0.100. The van der Waals surface area contributed by atoms with Crippen LogP contribution in [-0.2, 0) is 4.79 Å². The molecule has 0 fully saturated rings. The van der Waals surface area contributed by atoms with Gasteiger partial charge in [0.1, 0.15) is 0 Å². The molecule has 0 saturated carbocycles. The molecule has 1 heterocycles. The number of hydrogen-bond donors (Lipinski definition) is 2. The van der Waals surface area contributed by atoms with E-state index in [1.165, 1.54) is 6.08 Å². The van der Waals surface area contributed by atoms with Gasteiger partial charge in [0.05, 0.1) is 5.52 Å². The molecule has 2 N–H and O–H groups in total. The number of allylic oxidation sites excluding steroid dienone is 3. The van der Waals surface area contributed by atoms with Crippen LogP contribution >= 0.6 is 0 Å². The molecule has 1 aromatic heterocycles. The van der Waals surface area contributed by atoms with Crippen molar-refractivity contribution in [1.29, 1.82) is 0 Å². The molecule has 1 aliphatic carbocycles. The van der Waals surface area contributed by atoms with E-state index in [0.29, 0.717) is 5.95 Å². The Balaban J connectivity index is 1.64. The minimum atomic E-state index is -0.228. The first-order valence-corrected chi connectivity index (χ1v) is 11.6. The number of para-hydroxylation sites is 1. The van der Waals surface area contributed by atoms with Gasteiger partial charge in [-0.25, -0.2) is 9.97 Å². The van der Waals surface area contributed by atoms with E-state index in [1.807, 2.05) is 60.8 Å². The summed E-state index contributed by atoms with van der Waals surface area (Å²) >= 11 is 0. The third-order valence-electron chi connectivity index (χ3n) is 6.17. The van der Waals surface area contributed by atoms with Crippen LogP contribution in [-0.4, -0.2) is 15.9 Å². The van der Waals surface area contributed by atoms with Crippen LogP contribution in [0.3, 0.4) is 0 Å². The zero-order valence-corrected chi connectivity index (χ0v) is 19.5. The van der Waals surface area contributed by atoms with E-state index in [-0.39, 0.29) is 17.7 Å². The predicted molar refractivity (Wildman–Crippen MR) is 142 cm³/mol. The van der Waals surface area contributed by atoms with Crippen LogP contribution in [0.5, 0.6) is 0 Å². The second-order valence-electron chi connectivity index (χ2n) is 8.61. The molecule has 5 nitrogen and oxygen atoms in total. The molecule has 0 spiro atoms. The maximum Gasteiger partial charge on any atom is 0.247 e. The Morgan fingerprint density at radius 2 is 1.74 bits per heavy atom. The number of hydrogen-bond acceptors (Lipinski definition) is 4. The van der Waals surface area contributed by atoms with Crippen LogP contribution in [0.15, 0.2) is 116 Å². The lowest BCUT2D eigenvalue weighted by Crippen LogP contribution is -2.22. The summed E-state index contributed by atoms with van der Waals surface area (Å²) in [4.78, 5) is 21.5. The van der Waals surface area contributed by atoms with E-state index >= 15 is 0 Å². The highest BCUT2D eigenvalue weighted by Gasteiger charge is 2.23. The monoisotopic (exact) mass is 458 g/mol. The zero-order chi connectivity index (χ0) is 24.2. The lowest BCUT2D eigenvalue weighted by Gasteiger charge is -2.25. The largest absolute Gasteiger partial charge is 0.324 e. The number of fused-ring (bicyclic) bond motifs is 1. The van der Waals surface area contributed by atoms with Gasteiger partial charge in [-0.05, 0) is 59.0 Å². The van der Waals surface area contributed by atoms with Crippen molar-refractivity contribution in [2.45, 2.75) is 12.8 Å². The highest BCUT2D eigenvalue weighted by molar-refractivity contribution is 5.90. The van der Waals surface area contributed by atoms with Crippen LogP contribution in [0.1, 0.15) is 18.4 Å². The second kappa shape index (κ2) is 9.77. The van der Waals surface area contributed by atoms with Gasteiger partial charge in [-0.1, -0.05) is 74.2 Å². The first-order chi connectivity index (χ1) is 17.1. The number of amides is 1. The minimum absolute atomic E-state index is 0.0192. The van der Waals surface area contributed by atoms with Crippen LogP contribution in [0.25, 0.3) is 22.0 Å². The minimum Gasteiger partial charge on any atom is -0.324 e. The first kappa shape index (κ1) is 22.3. The quantitative estimate of drug-likeness (QED) is 0.323. The van der Waals surface area contributed by atoms with Crippen molar-refractivity contribution in [3.8, 4) is 11.1 Å². The van der Waals surface area contributed by atoms with Gasteiger partial charge in [0.25, 0.3) is 0 Å². The number of nitrogens with zero attached hydrogens (tertiary/aromatic N) is 2. The van der Waals surface area contributed by atoms with E-state index in [1.54, 1.807) is 0 Å². The van der Waals surface area contributed by atoms with Gasteiger partial charge in [-0.3, -0.25) is 4.79 Å². The number of anilines is 2. The molecule has 1 aliphatic rings. The van der Waals surface area contributed by atoms with Gasteiger partial charge in [-0.2, -0.15) is 0 Å². The summed E-state index contributed by atoms with van der Waals surface area (Å²) in [5, 5.41) is 7.17. The van der Waals surface area contributed by atoms with Crippen molar-refractivity contribution in [3.63, 3.8) is 0 Å². The molecule has 172 valence electrons. The topological polar surface area (TPSA) is 66.9 Å². The van der Waals surface area contributed by atoms with Gasteiger partial charge >= 0.3 is 0 Å². The average Bonchev–Trinajstić information content (AvgIpc) is 2.90. The number of carbonyl (C=O) groups is 1. The molecular weight excluding hydrogens is 432 g/mol.